The quantitative estimate of drug-likeness (QED) is 0.413. The summed E-state index contributed by atoms with van der Waals surface area (Å²) in [6.45, 7) is 7.80. The Morgan fingerprint density at radius 2 is 1.89 bits per heavy atom. The SMILES string of the molecule is CCOC(CCNc1nc(Cl)nc(C)c1I)OCC. The number of aryl methyl sites for hydroxylation is 1. The molecule has 0 radical (unpaired) electrons. The first-order valence-corrected chi connectivity index (χ1v) is 7.70. The summed E-state index contributed by atoms with van der Waals surface area (Å²) in [5.74, 6) is 0.754. The van der Waals surface area contributed by atoms with E-state index in [1.54, 1.807) is 0 Å². The van der Waals surface area contributed by atoms with Crippen LogP contribution in [0.15, 0.2) is 0 Å². The minimum atomic E-state index is -0.182. The second-order valence-corrected chi connectivity index (χ2v) is 5.21. The molecule has 0 aromatic carbocycles. The number of nitrogens with one attached hydrogen (secondary N) is 1. The number of aromatic nitrogens is 2. The molecule has 0 spiro atoms. The van der Waals surface area contributed by atoms with E-state index in [1.807, 2.05) is 20.8 Å². The maximum atomic E-state index is 5.85. The molecule has 0 saturated carbocycles. The minimum absolute atomic E-state index is 0.182. The highest BCUT2D eigenvalue weighted by Crippen LogP contribution is 2.20. The van der Waals surface area contributed by atoms with Gasteiger partial charge in [-0.15, -0.1) is 0 Å². The van der Waals surface area contributed by atoms with E-state index in [-0.39, 0.29) is 11.6 Å². The molecule has 108 valence electrons. The highest BCUT2D eigenvalue weighted by atomic mass is 127. The van der Waals surface area contributed by atoms with Gasteiger partial charge in [-0.1, -0.05) is 0 Å². The Morgan fingerprint density at radius 1 is 1.26 bits per heavy atom. The van der Waals surface area contributed by atoms with Crippen LogP contribution in [0.3, 0.4) is 0 Å². The summed E-state index contributed by atoms with van der Waals surface area (Å²) >= 11 is 8.05. The molecule has 19 heavy (non-hydrogen) atoms. The van der Waals surface area contributed by atoms with Crippen LogP contribution in [0, 0.1) is 10.5 Å². The largest absolute Gasteiger partial charge is 0.369 e. The lowest BCUT2D eigenvalue weighted by atomic mass is 10.4. The van der Waals surface area contributed by atoms with Gasteiger partial charge in [0.15, 0.2) is 6.29 Å². The van der Waals surface area contributed by atoms with Gasteiger partial charge in [0.05, 0.1) is 9.26 Å². The van der Waals surface area contributed by atoms with E-state index in [0.717, 1.165) is 21.5 Å². The normalized spacial score (nSPS) is 11.1. The van der Waals surface area contributed by atoms with Crippen molar-refractivity contribution >= 4 is 40.0 Å². The van der Waals surface area contributed by atoms with Gasteiger partial charge in [0.2, 0.25) is 5.28 Å². The summed E-state index contributed by atoms with van der Waals surface area (Å²) in [6, 6.07) is 0. The molecule has 1 aromatic heterocycles. The Balaban J connectivity index is 2.52. The van der Waals surface area contributed by atoms with Crippen LogP contribution in [-0.2, 0) is 9.47 Å². The first kappa shape index (κ1) is 16.9. The Bertz CT molecular complexity index is 401. The molecule has 1 heterocycles. The third-order valence-corrected chi connectivity index (χ3v) is 3.83. The van der Waals surface area contributed by atoms with Crippen LogP contribution in [0.5, 0.6) is 0 Å². The molecule has 1 aromatic rings. The molecule has 0 saturated heterocycles. The van der Waals surface area contributed by atoms with Crippen molar-refractivity contribution in [2.45, 2.75) is 33.5 Å². The zero-order valence-corrected chi connectivity index (χ0v) is 14.3. The maximum Gasteiger partial charge on any atom is 0.224 e. The van der Waals surface area contributed by atoms with Crippen molar-refractivity contribution in [2.24, 2.45) is 0 Å². The number of anilines is 1. The third kappa shape index (κ3) is 5.76. The Hall–Kier alpha value is -0.180. The zero-order chi connectivity index (χ0) is 14.3. The maximum absolute atomic E-state index is 5.85. The lowest BCUT2D eigenvalue weighted by molar-refractivity contribution is -0.137. The van der Waals surface area contributed by atoms with E-state index >= 15 is 0 Å². The fourth-order valence-electron chi connectivity index (χ4n) is 1.54. The van der Waals surface area contributed by atoms with E-state index in [4.69, 9.17) is 21.1 Å². The fraction of sp³-hybridized carbons (Fsp3) is 0.667. The average Bonchev–Trinajstić information content (AvgIpc) is 2.35. The molecule has 0 unspecified atom stereocenters. The first-order valence-electron chi connectivity index (χ1n) is 6.25. The highest BCUT2D eigenvalue weighted by Gasteiger charge is 2.10. The molecule has 0 amide bonds. The van der Waals surface area contributed by atoms with Gasteiger partial charge in [-0.2, -0.15) is 4.98 Å². The smallest absolute Gasteiger partial charge is 0.224 e. The van der Waals surface area contributed by atoms with Gasteiger partial charge < -0.3 is 14.8 Å². The Morgan fingerprint density at radius 3 is 2.47 bits per heavy atom. The molecular formula is C12H19ClIN3O2. The number of ether oxygens (including phenoxy) is 2. The fourth-order valence-corrected chi connectivity index (χ4v) is 2.18. The van der Waals surface area contributed by atoms with Crippen LogP contribution in [0.25, 0.3) is 0 Å². The lowest BCUT2D eigenvalue weighted by Gasteiger charge is -2.17. The van der Waals surface area contributed by atoms with E-state index in [2.05, 4.69) is 37.9 Å². The highest BCUT2D eigenvalue weighted by molar-refractivity contribution is 14.1. The van der Waals surface area contributed by atoms with Gasteiger partial charge in [-0.3, -0.25) is 0 Å². The van der Waals surface area contributed by atoms with Crippen LogP contribution in [0.1, 0.15) is 26.0 Å². The van der Waals surface area contributed by atoms with Crippen molar-refractivity contribution in [3.63, 3.8) is 0 Å². The van der Waals surface area contributed by atoms with E-state index < -0.39 is 0 Å². The van der Waals surface area contributed by atoms with Gasteiger partial charge >= 0.3 is 0 Å². The third-order valence-electron chi connectivity index (χ3n) is 2.37. The van der Waals surface area contributed by atoms with Crippen LogP contribution in [-0.4, -0.2) is 36.0 Å². The monoisotopic (exact) mass is 399 g/mol. The summed E-state index contributed by atoms with van der Waals surface area (Å²) in [7, 11) is 0. The number of hydrogen-bond donors (Lipinski definition) is 1. The molecule has 0 bridgehead atoms. The molecule has 7 heteroatoms. The minimum Gasteiger partial charge on any atom is -0.369 e. The number of hydrogen-bond acceptors (Lipinski definition) is 5. The standard InChI is InChI=1S/C12H19ClIN3O2/c1-4-18-9(19-5-2)6-7-15-11-10(14)8(3)16-12(13)17-11/h9H,4-7H2,1-3H3,(H,15,16,17). The molecule has 0 aliphatic heterocycles. The topological polar surface area (TPSA) is 56.3 Å². The van der Waals surface area contributed by atoms with Crippen molar-refractivity contribution in [3.05, 3.63) is 14.5 Å². The van der Waals surface area contributed by atoms with E-state index in [0.29, 0.717) is 19.8 Å². The summed E-state index contributed by atoms with van der Waals surface area (Å²) < 4.78 is 11.9. The lowest BCUT2D eigenvalue weighted by Crippen LogP contribution is -2.21. The molecule has 1 rings (SSSR count). The first-order chi connectivity index (χ1) is 9.08. The summed E-state index contributed by atoms with van der Waals surface area (Å²) in [4.78, 5) is 8.27. The second-order valence-electron chi connectivity index (χ2n) is 3.80. The van der Waals surface area contributed by atoms with Gasteiger partial charge in [-0.05, 0) is 55.0 Å². The molecule has 1 N–H and O–H groups in total. The van der Waals surface area contributed by atoms with Crippen molar-refractivity contribution in [2.75, 3.05) is 25.1 Å². The zero-order valence-electron chi connectivity index (χ0n) is 11.4. The molecule has 0 aliphatic rings. The van der Waals surface area contributed by atoms with Crippen molar-refractivity contribution in [1.29, 1.82) is 0 Å². The van der Waals surface area contributed by atoms with Crippen LogP contribution in [0.4, 0.5) is 5.82 Å². The van der Waals surface area contributed by atoms with Gasteiger partial charge in [0.1, 0.15) is 5.82 Å². The van der Waals surface area contributed by atoms with Crippen LogP contribution < -0.4 is 5.32 Å². The van der Waals surface area contributed by atoms with Crippen molar-refractivity contribution < 1.29 is 9.47 Å². The number of nitrogens with zero attached hydrogens (tertiary/aromatic N) is 2. The predicted octanol–water partition coefficient (Wildman–Crippen LogP) is 3.24. The van der Waals surface area contributed by atoms with Crippen LogP contribution in [0.2, 0.25) is 5.28 Å². The van der Waals surface area contributed by atoms with Gasteiger partial charge in [0.25, 0.3) is 0 Å². The van der Waals surface area contributed by atoms with E-state index in [1.165, 1.54) is 0 Å². The number of rotatable bonds is 8. The van der Waals surface area contributed by atoms with E-state index in [9.17, 15) is 0 Å². The van der Waals surface area contributed by atoms with Crippen molar-refractivity contribution in [3.8, 4) is 0 Å². The molecular weight excluding hydrogens is 381 g/mol. The Labute approximate surface area is 132 Å². The molecule has 0 atom stereocenters. The average molecular weight is 400 g/mol. The molecule has 0 fully saturated rings. The number of halogens is 2. The molecule has 5 nitrogen and oxygen atoms in total. The van der Waals surface area contributed by atoms with Crippen LogP contribution >= 0.6 is 34.2 Å². The second kappa shape index (κ2) is 8.89. The Kier molecular flexibility index (Phi) is 7.89. The summed E-state index contributed by atoms with van der Waals surface area (Å²) in [5.41, 5.74) is 0.870. The summed E-state index contributed by atoms with van der Waals surface area (Å²) in [5, 5.41) is 3.49. The van der Waals surface area contributed by atoms with Gasteiger partial charge in [-0.25, -0.2) is 4.98 Å². The molecule has 0 aliphatic carbocycles. The predicted molar refractivity (Wildman–Crippen MR) is 84.6 cm³/mol. The van der Waals surface area contributed by atoms with Gasteiger partial charge in [0, 0.05) is 26.2 Å². The summed E-state index contributed by atoms with van der Waals surface area (Å²) in [6.07, 6.45) is 0.567. The van der Waals surface area contributed by atoms with Crippen molar-refractivity contribution in [1.82, 2.24) is 9.97 Å².